The largest absolute Gasteiger partial charge is 0.508 e. The number of aromatic hydroxyl groups is 1. The third-order valence-electron chi connectivity index (χ3n) is 2.72. The van der Waals surface area contributed by atoms with Crippen LogP contribution in [0.5, 0.6) is 11.5 Å². The van der Waals surface area contributed by atoms with Gasteiger partial charge in [0.1, 0.15) is 28.7 Å². The lowest BCUT2D eigenvalue weighted by molar-refractivity contribution is 0.410. The first-order chi connectivity index (χ1) is 9.11. The zero-order valence-corrected chi connectivity index (χ0v) is 11.3. The van der Waals surface area contributed by atoms with Crippen LogP contribution < -0.4 is 10.1 Å². The first-order valence-electron chi connectivity index (χ1n) is 5.70. The average molecular weight is 280 g/mol. The van der Waals surface area contributed by atoms with Crippen LogP contribution in [0, 0.1) is 0 Å². The van der Waals surface area contributed by atoms with Crippen LogP contribution >= 0.6 is 11.6 Å². The summed E-state index contributed by atoms with van der Waals surface area (Å²) >= 11 is 5.98. The Labute approximate surface area is 116 Å². The molecule has 0 amide bonds. The zero-order chi connectivity index (χ0) is 13.8. The molecule has 2 rings (SSSR count). The van der Waals surface area contributed by atoms with Gasteiger partial charge in [-0.2, -0.15) is 0 Å². The van der Waals surface area contributed by atoms with Gasteiger partial charge in [-0.25, -0.2) is 9.97 Å². The van der Waals surface area contributed by atoms with E-state index in [9.17, 15) is 5.11 Å². The van der Waals surface area contributed by atoms with E-state index in [-0.39, 0.29) is 11.8 Å². The molecule has 2 N–H and O–H groups in total. The number of nitrogens with zero attached hydrogens (tertiary/aromatic N) is 2. The molecule has 0 radical (unpaired) electrons. The molecule has 0 bridgehead atoms. The number of aromatic nitrogens is 2. The Morgan fingerprint density at radius 1 is 1.42 bits per heavy atom. The Morgan fingerprint density at radius 3 is 2.89 bits per heavy atom. The molecule has 1 atom stereocenters. The highest BCUT2D eigenvalue weighted by atomic mass is 35.5. The van der Waals surface area contributed by atoms with Crippen LogP contribution in [0.2, 0.25) is 5.02 Å². The monoisotopic (exact) mass is 279 g/mol. The lowest BCUT2D eigenvalue weighted by atomic mass is 10.1. The van der Waals surface area contributed by atoms with Gasteiger partial charge in [0, 0.05) is 5.56 Å². The summed E-state index contributed by atoms with van der Waals surface area (Å²) in [6, 6.07) is 4.88. The van der Waals surface area contributed by atoms with Crippen molar-refractivity contribution in [2.45, 2.75) is 13.0 Å². The van der Waals surface area contributed by atoms with Gasteiger partial charge in [-0.1, -0.05) is 11.6 Å². The summed E-state index contributed by atoms with van der Waals surface area (Å²) in [5.41, 5.74) is 0.703. The van der Waals surface area contributed by atoms with Gasteiger partial charge in [0.15, 0.2) is 0 Å². The SMILES string of the molecule is COc1ccc(O)c(C(C)Nc2ncncc2Cl)c1. The highest BCUT2D eigenvalue weighted by Gasteiger charge is 2.13. The first kappa shape index (κ1) is 13.4. The van der Waals surface area contributed by atoms with E-state index in [0.29, 0.717) is 22.2 Å². The second-order valence-electron chi connectivity index (χ2n) is 4.01. The standard InChI is InChI=1S/C13H14ClN3O2/c1-8(17-13-11(14)6-15-7-16-13)10-5-9(19-2)3-4-12(10)18/h3-8,18H,1-2H3,(H,15,16,17). The van der Waals surface area contributed by atoms with E-state index < -0.39 is 0 Å². The fourth-order valence-electron chi connectivity index (χ4n) is 1.71. The van der Waals surface area contributed by atoms with E-state index >= 15 is 0 Å². The van der Waals surface area contributed by atoms with Crippen molar-refractivity contribution in [3.8, 4) is 11.5 Å². The quantitative estimate of drug-likeness (QED) is 0.900. The van der Waals surface area contributed by atoms with E-state index in [0.717, 1.165) is 0 Å². The molecule has 0 aliphatic heterocycles. The molecule has 1 aromatic heterocycles. The average Bonchev–Trinajstić information content (AvgIpc) is 2.42. The maximum absolute atomic E-state index is 9.89. The minimum Gasteiger partial charge on any atom is -0.508 e. The van der Waals surface area contributed by atoms with Crippen LogP contribution in [-0.4, -0.2) is 22.2 Å². The Bertz CT molecular complexity index is 578. The van der Waals surface area contributed by atoms with Crippen molar-refractivity contribution in [2.75, 3.05) is 12.4 Å². The van der Waals surface area contributed by atoms with Crippen LogP contribution in [0.1, 0.15) is 18.5 Å². The number of phenolic OH excluding ortho intramolecular Hbond substituents is 1. The normalized spacial score (nSPS) is 11.9. The van der Waals surface area contributed by atoms with Gasteiger partial charge in [0.05, 0.1) is 19.3 Å². The summed E-state index contributed by atoms with van der Waals surface area (Å²) in [7, 11) is 1.58. The highest BCUT2D eigenvalue weighted by molar-refractivity contribution is 6.32. The lowest BCUT2D eigenvalue weighted by Gasteiger charge is -2.17. The minimum absolute atomic E-state index is 0.178. The van der Waals surface area contributed by atoms with Gasteiger partial charge < -0.3 is 15.2 Å². The summed E-state index contributed by atoms with van der Waals surface area (Å²) < 4.78 is 5.14. The predicted molar refractivity (Wildman–Crippen MR) is 73.7 cm³/mol. The topological polar surface area (TPSA) is 67.3 Å². The van der Waals surface area contributed by atoms with Crippen molar-refractivity contribution in [3.63, 3.8) is 0 Å². The fraction of sp³-hybridized carbons (Fsp3) is 0.231. The molecular weight excluding hydrogens is 266 g/mol. The van der Waals surface area contributed by atoms with Gasteiger partial charge in [0.25, 0.3) is 0 Å². The number of methoxy groups -OCH3 is 1. The number of nitrogens with one attached hydrogen (secondary N) is 1. The van der Waals surface area contributed by atoms with Gasteiger partial charge >= 0.3 is 0 Å². The summed E-state index contributed by atoms with van der Waals surface area (Å²) in [5.74, 6) is 1.38. The lowest BCUT2D eigenvalue weighted by Crippen LogP contribution is -2.09. The molecule has 2 aromatic rings. The zero-order valence-electron chi connectivity index (χ0n) is 10.6. The van der Waals surface area contributed by atoms with E-state index in [2.05, 4.69) is 15.3 Å². The maximum Gasteiger partial charge on any atom is 0.148 e. The molecule has 5 nitrogen and oxygen atoms in total. The molecule has 6 heteroatoms. The van der Waals surface area contributed by atoms with E-state index in [1.54, 1.807) is 25.3 Å². The molecule has 0 saturated heterocycles. The molecule has 19 heavy (non-hydrogen) atoms. The van der Waals surface area contributed by atoms with Crippen LogP contribution in [0.25, 0.3) is 0 Å². The van der Waals surface area contributed by atoms with Gasteiger partial charge in [-0.15, -0.1) is 0 Å². The van der Waals surface area contributed by atoms with Gasteiger partial charge in [-0.05, 0) is 25.1 Å². The number of anilines is 1. The van der Waals surface area contributed by atoms with E-state index in [1.165, 1.54) is 12.5 Å². The predicted octanol–water partition coefficient (Wildman–Crippen LogP) is 3.02. The van der Waals surface area contributed by atoms with Crippen molar-refractivity contribution in [3.05, 3.63) is 41.3 Å². The van der Waals surface area contributed by atoms with Gasteiger partial charge in [0.2, 0.25) is 0 Å². The Balaban J connectivity index is 2.25. The second-order valence-corrected chi connectivity index (χ2v) is 4.42. The smallest absolute Gasteiger partial charge is 0.148 e. The maximum atomic E-state index is 9.89. The third-order valence-corrected chi connectivity index (χ3v) is 3.00. The Kier molecular flexibility index (Phi) is 4.06. The van der Waals surface area contributed by atoms with Crippen LogP contribution in [0.15, 0.2) is 30.7 Å². The molecule has 0 spiro atoms. The number of hydrogen-bond acceptors (Lipinski definition) is 5. The molecule has 0 fully saturated rings. The summed E-state index contributed by atoms with van der Waals surface area (Å²) in [6.07, 6.45) is 2.92. The number of ether oxygens (including phenoxy) is 1. The third kappa shape index (κ3) is 3.06. The second kappa shape index (κ2) is 5.75. The molecule has 100 valence electrons. The highest BCUT2D eigenvalue weighted by Crippen LogP contribution is 2.31. The minimum atomic E-state index is -0.178. The molecule has 0 aliphatic carbocycles. The van der Waals surface area contributed by atoms with Crippen molar-refractivity contribution in [2.24, 2.45) is 0 Å². The van der Waals surface area contributed by atoms with Crippen LogP contribution in [-0.2, 0) is 0 Å². The molecular formula is C13H14ClN3O2. The molecule has 0 saturated carbocycles. The number of rotatable bonds is 4. The van der Waals surface area contributed by atoms with Crippen molar-refractivity contribution in [1.82, 2.24) is 9.97 Å². The molecule has 1 unspecified atom stereocenters. The number of phenols is 1. The number of halogens is 1. The summed E-state index contributed by atoms with van der Waals surface area (Å²) in [6.45, 7) is 1.90. The molecule has 1 aromatic carbocycles. The fourth-order valence-corrected chi connectivity index (χ4v) is 1.87. The Morgan fingerprint density at radius 2 is 2.21 bits per heavy atom. The number of hydrogen-bond donors (Lipinski definition) is 2. The van der Waals surface area contributed by atoms with Crippen LogP contribution in [0.3, 0.4) is 0 Å². The van der Waals surface area contributed by atoms with Crippen molar-refractivity contribution in [1.29, 1.82) is 0 Å². The van der Waals surface area contributed by atoms with Gasteiger partial charge in [-0.3, -0.25) is 0 Å². The van der Waals surface area contributed by atoms with Crippen molar-refractivity contribution >= 4 is 17.4 Å². The van der Waals surface area contributed by atoms with Crippen LogP contribution in [0.4, 0.5) is 5.82 Å². The summed E-state index contributed by atoms with van der Waals surface area (Å²) in [4.78, 5) is 7.87. The molecule has 0 aliphatic rings. The molecule has 1 heterocycles. The van der Waals surface area contributed by atoms with E-state index in [4.69, 9.17) is 16.3 Å². The Hall–Kier alpha value is -2.01. The van der Waals surface area contributed by atoms with Crippen molar-refractivity contribution < 1.29 is 9.84 Å². The summed E-state index contributed by atoms with van der Waals surface area (Å²) in [5, 5.41) is 13.4. The van der Waals surface area contributed by atoms with E-state index in [1.807, 2.05) is 6.92 Å². The first-order valence-corrected chi connectivity index (χ1v) is 6.08. The number of benzene rings is 1.